The molecule has 0 radical (unpaired) electrons. The van der Waals surface area contributed by atoms with Crippen molar-refractivity contribution in [2.45, 2.75) is 6.54 Å². The minimum absolute atomic E-state index is 0.197. The Bertz CT molecular complexity index is 569. The monoisotopic (exact) mass is 278 g/mol. The Kier molecular flexibility index (Phi) is 4.16. The second-order valence-electron chi connectivity index (χ2n) is 4.15. The molecule has 19 heavy (non-hydrogen) atoms. The van der Waals surface area contributed by atoms with Crippen molar-refractivity contribution in [3.8, 4) is 0 Å². The molecule has 1 aromatic heterocycles. The molecule has 2 rings (SSSR count). The molecule has 0 atom stereocenters. The quantitative estimate of drug-likeness (QED) is 0.931. The van der Waals surface area contributed by atoms with Crippen molar-refractivity contribution in [1.82, 2.24) is 4.90 Å². The van der Waals surface area contributed by atoms with E-state index in [1.807, 2.05) is 17.5 Å². The largest absolute Gasteiger partial charge is 0.385 e. The number of anilines is 1. The van der Waals surface area contributed by atoms with Crippen LogP contribution in [0.4, 0.5) is 10.1 Å². The molecule has 1 amide bonds. The fraction of sp³-hybridized carbons (Fsp3) is 0.214. The molecule has 1 N–H and O–H groups in total. The third-order valence-electron chi connectivity index (χ3n) is 2.81. The molecule has 1 aromatic carbocycles. The van der Waals surface area contributed by atoms with Crippen LogP contribution >= 0.6 is 11.3 Å². The van der Waals surface area contributed by atoms with E-state index in [0.29, 0.717) is 12.1 Å². The fourth-order valence-corrected chi connectivity index (χ4v) is 2.63. The summed E-state index contributed by atoms with van der Waals surface area (Å²) < 4.78 is 13.6. The predicted octanol–water partition coefficient (Wildman–Crippen LogP) is 3.20. The Hall–Kier alpha value is -1.88. The van der Waals surface area contributed by atoms with Gasteiger partial charge in [-0.25, -0.2) is 4.39 Å². The number of carbonyl (C=O) groups is 1. The Balaban J connectivity index is 2.22. The van der Waals surface area contributed by atoms with E-state index in [4.69, 9.17) is 0 Å². The number of para-hydroxylation sites is 1. The minimum atomic E-state index is -0.419. The van der Waals surface area contributed by atoms with E-state index in [1.54, 1.807) is 42.5 Å². The van der Waals surface area contributed by atoms with Gasteiger partial charge < -0.3 is 10.2 Å². The van der Waals surface area contributed by atoms with Gasteiger partial charge in [-0.05, 0) is 23.6 Å². The highest BCUT2D eigenvalue weighted by Gasteiger charge is 2.18. The molecule has 3 nitrogen and oxygen atoms in total. The van der Waals surface area contributed by atoms with Crippen molar-refractivity contribution >= 4 is 22.9 Å². The second-order valence-corrected chi connectivity index (χ2v) is 5.19. The molecule has 0 fully saturated rings. The summed E-state index contributed by atoms with van der Waals surface area (Å²) in [6.07, 6.45) is 0. The van der Waals surface area contributed by atoms with E-state index in [2.05, 4.69) is 5.32 Å². The Morgan fingerprint density at radius 2 is 2.16 bits per heavy atom. The van der Waals surface area contributed by atoms with Gasteiger partial charge in [0.15, 0.2) is 0 Å². The second kappa shape index (κ2) is 5.84. The van der Waals surface area contributed by atoms with E-state index in [-0.39, 0.29) is 11.6 Å². The maximum Gasteiger partial charge on any atom is 0.256 e. The van der Waals surface area contributed by atoms with Gasteiger partial charge in [-0.3, -0.25) is 4.79 Å². The van der Waals surface area contributed by atoms with Crippen molar-refractivity contribution in [2.24, 2.45) is 0 Å². The predicted molar refractivity (Wildman–Crippen MR) is 76.1 cm³/mol. The van der Waals surface area contributed by atoms with Crippen LogP contribution in [-0.4, -0.2) is 24.9 Å². The van der Waals surface area contributed by atoms with Crippen LogP contribution in [0.15, 0.2) is 35.7 Å². The molecule has 0 spiro atoms. The number of benzene rings is 1. The van der Waals surface area contributed by atoms with Gasteiger partial charge >= 0.3 is 0 Å². The van der Waals surface area contributed by atoms with Gasteiger partial charge in [-0.15, -0.1) is 11.3 Å². The van der Waals surface area contributed by atoms with E-state index < -0.39 is 5.82 Å². The molecule has 1 heterocycles. The summed E-state index contributed by atoms with van der Waals surface area (Å²) in [6, 6.07) is 8.42. The summed E-state index contributed by atoms with van der Waals surface area (Å²) >= 11 is 1.59. The highest BCUT2D eigenvalue weighted by Crippen LogP contribution is 2.21. The molecule has 0 bridgehead atoms. The summed E-state index contributed by atoms with van der Waals surface area (Å²) in [4.78, 5) is 15.0. The van der Waals surface area contributed by atoms with Gasteiger partial charge in [-0.1, -0.05) is 12.1 Å². The first-order chi connectivity index (χ1) is 9.13. The molecule has 0 aliphatic rings. The van der Waals surface area contributed by atoms with Crippen molar-refractivity contribution in [3.63, 3.8) is 0 Å². The Morgan fingerprint density at radius 1 is 1.37 bits per heavy atom. The van der Waals surface area contributed by atoms with Crippen LogP contribution in [-0.2, 0) is 6.54 Å². The SMILES string of the molecule is CNc1c(F)cccc1C(=O)N(C)Cc1cccs1. The lowest BCUT2D eigenvalue weighted by molar-refractivity contribution is 0.0787. The molecular weight excluding hydrogens is 263 g/mol. The Labute approximate surface area is 115 Å². The van der Waals surface area contributed by atoms with Crippen molar-refractivity contribution in [3.05, 3.63) is 52.0 Å². The van der Waals surface area contributed by atoms with Crippen LogP contribution in [0.5, 0.6) is 0 Å². The van der Waals surface area contributed by atoms with E-state index in [9.17, 15) is 9.18 Å². The van der Waals surface area contributed by atoms with Crippen LogP contribution in [0.25, 0.3) is 0 Å². The minimum Gasteiger partial charge on any atom is -0.385 e. The van der Waals surface area contributed by atoms with Crippen LogP contribution in [0.2, 0.25) is 0 Å². The molecule has 0 unspecified atom stereocenters. The first kappa shape index (κ1) is 13.5. The fourth-order valence-electron chi connectivity index (χ4n) is 1.87. The van der Waals surface area contributed by atoms with E-state index >= 15 is 0 Å². The van der Waals surface area contributed by atoms with Crippen LogP contribution in [0, 0.1) is 5.82 Å². The molecular formula is C14H15FN2OS. The number of halogens is 1. The van der Waals surface area contributed by atoms with Crippen LogP contribution in [0.3, 0.4) is 0 Å². The number of rotatable bonds is 4. The molecule has 5 heteroatoms. The zero-order valence-electron chi connectivity index (χ0n) is 10.8. The summed E-state index contributed by atoms with van der Waals surface area (Å²) in [7, 11) is 3.32. The highest BCUT2D eigenvalue weighted by atomic mass is 32.1. The Morgan fingerprint density at radius 3 is 2.79 bits per heavy atom. The maximum absolute atomic E-state index is 13.6. The summed E-state index contributed by atoms with van der Waals surface area (Å²) in [5.74, 6) is -0.616. The number of hydrogen-bond donors (Lipinski definition) is 1. The van der Waals surface area contributed by atoms with Gasteiger partial charge in [-0.2, -0.15) is 0 Å². The lowest BCUT2D eigenvalue weighted by Crippen LogP contribution is -2.26. The lowest BCUT2D eigenvalue weighted by Gasteiger charge is -2.18. The molecule has 2 aromatic rings. The van der Waals surface area contributed by atoms with Crippen LogP contribution in [0.1, 0.15) is 15.2 Å². The first-order valence-electron chi connectivity index (χ1n) is 5.87. The topological polar surface area (TPSA) is 32.3 Å². The number of amides is 1. The van der Waals surface area contributed by atoms with E-state index in [1.165, 1.54) is 6.07 Å². The van der Waals surface area contributed by atoms with E-state index in [0.717, 1.165) is 4.88 Å². The number of thiophene rings is 1. The highest BCUT2D eigenvalue weighted by molar-refractivity contribution is 7.09. The number of nitrogens with zero attached hydrogens (tertiary/aromatic N) is 1. The van der Waals surface area contributed by atoms with Crippen molar-refractivity contribution in [2.75, 3.05) is 19.4 Å². The first-order valence-corrected chi connectivity index (χ1v) is 6.75. The third kappa shape index (κ3) is 2.93. The lowest BCUT2D eigenvalue weighted by atomic mass is 10.1. The van der Waals surface area contributed by atoms with Gasteiger partial charge in [0.05, 0.1) is 17.8 Å². The average molecular weight is 278 g/mol. The molecule has 100 valence electrons. The van der Waals surface area contributed by atoms with Gasteiger partial charge in [0.2, 0.25) is 0 Å². The third-order valence-corrected chi connectivity index (χ3v) is 3.67. The molecule has 0 aliphatic carbocycles. The summed E-state index contributed by atoms with van der Waals surface area (Å²) in [6.45, 7) is 0.524. The van der Waals surface area contributed by atoms with Gasteiger partial charge in [0.25, 0.3) is 5.91 Å². The summed E-state index contributed by atoms with van der Waals surface area (Å²) in [5.41, 5.74) is 0.590. The van der Waals surface area contributed by atoms with Crippen molar-refractivity contribution < 1.29 is 9.18 Å². The molecule has 0 saturated carbocycles. The van der Waals surface area contributed by atoms with Gasteiger partial charge in [0, 0.05) is 19.0 Å². The van der Waals surface area contributed by atoms with Crippen molar-refractivity contribution in [1.29, 1.82) is 0 Å². The average Bonchev–Trinajstić information content (AvgIpc) is 2.90. The number of carbonyl (C=O) groups excluding carboxylic acids is 1. The standard InChI is InChI=1S/C14H15FN2OS/c1-16-13-11(6-3-7-12(13)15)14(18)17(2)9-10-5-4-8-19-10/h3-8,16H,9H2,1-2H3. The molecule has 0 saturated heterocycles. The number of hydrogen-bond acceptors (Lipinski definition) is 3. The molecule has 0 aliphatic heterocycles. The normalized spacial score (nSPS) is 10.3. The zero-order chi connectivity index (χ0) is 13.8. The zero-order valence-corrected chi connectivity index (χ0v) is 11.6. The van der Waals surface area contributed by atoms with Gasteiger partial charge in [0.1, 0.15) is 5.82 Å². The summed E-state index contributed by atoms with van der Waals surface area (Å²) in [5, 5.41) is 4.71. The number of nitrogens with one attached hydrogen (secondary N) is 1. The smallest absolute Gasteiger partial charge is 0.256 e. The maximum atomic E-state index is 13.6. The van der Waals surface area contributed by atoms with Crippen LogP contribution < -0.4 is 5.32 Å².